The van der Waals surface area contributed by atoms with Gasteiger partial charge in [-0.3, -0.25) is 39.0 Å². The molecule has 2 aromatic heterocycles. The molecule has 14 heteroatoms. The Hall–Kier alpha value is -6.83. The first kappa shape index (κ1) is 35.6. The van der Waals surface area contributed by atoms with Crippen LogP contribution in [-0.2, 0) is 19.2 Å². The fourth-order valence-corrected chi connectivity index (χ4v) is 6.65. The zero-order valence-corrected chi connectivity index (χ0v) is 29.2. The minimum atomic E-state index is -1.01. The molecule has 0 radical (unpaired) electrons. The zero-order chi connectivity index (χ0) is 37.6. The fraction of sp³-hybridized carbons (Fsp3) is 0.225. The SMILES string of the molecule is O=C(/C=C/C(=O)Nc1ccc2nc(Nc3ccc4[nH]ccc4c3)ccc2c1)NCCCCCCNc1cccc2c1C(=O)N(C1CCC(=O)NC1=O)C2=O. The van der Waals surface area contributed by atoms with E-state index in [0.717, 1.165) is 58.1 Å². The third kappa shape index (κ3) is 7.97. The molecule has 2 aliphatic rings. The minimum Gasteiger partial charge on any atom is -0.384 e. The van der Waals surface area contributed by atoms with Gasteiger partial charge in [0.15, 0.2) is 0 Å². The number of nitrogens with one attached hydrogen (secondary N) is 6. The van der Waals surface area contributed by atoms with E-state index >= 15 is 0 Å². The molecule has 4 heterocycles. The van der Waals surface area contributed by atoms with E-state index in [1.54, 1.807) is 24.3 Å². The highest BCUT2D eigenvalue weighted by Crippen LogP contribution is 2.32. The van der Waals surface area contributed by atoms with E-state index in [9.17, 15) is 28.8 Å². The molecule has 0 bridgehead atoms. The Labute approximate surface area is 309 Å². The predicted molar refractivity (Wildman–Crippen MR) is 204 cm³/mol. The van der Waals surface area contributed by atoms with Crippen LogP contribution in [0.25, 0.3) is 21.8 Å². The van der Waals surface area contributed by atoms with E-state index in [4.69, 9.17) is 0 Å². The Bertz CT molecular complexity index is 2330. The van der Waals surface area contributed by atoms with Gasteiger partial charge in [-0.2, -0.15) is 0 Å². The van der Waals surface area contributed by atoms with E-state index < -0.39 is 35.6 Å². The molecule has 274 valence electrons. The van der Waals surface area contributed by atoms with Crippen molar-refractivity contribution in [3.05, 3.63) is 102 Å². The predicted octanol–water partition coefficient (Wildman–Crippen LogP) is 5.14. The van der Waals surface area contributed by atoms with Crippen LogP contribution in [0.15, 0.2) is 91.1 Å². The van der Waals surface area contributed by atoms with Crippen molar-refractivity contribution in [1.29, 1.82) is 0 Å². The van der Waals surface area contributed by atoms with Gasteiger partial charge < -0.3 is 26.3 Å². The molecular weight excluding hydrogens is 688 g/mol. The van der Waals surface area contributed by atoms with Crippen molar-refractivity contribution in [3.63, 3.8) is 0 Å². The van der Waals surface area contributed by atoms with Gasteiger partial charge in [0.05, 0.1) is 16.6 Å². The van der Waals surface area contributed by atoms with Crippen LogP contribution in [0.4, 0.5) is 22.9 Å². The number of H-pyrrole nitrogens is 1. The van der Waals surface area contributed by atoms with Crippen molar-refractivity contribution in [1.82, 2.24) is 25.5 Å². The van der Waals surface area contributed by atoms with Crippen LogP contribution >= 0.6 is 0 Å². The van der Waals surface area contributed by atoms with E-state index in [1.807, 2.05) is 54.7 Å². The Morgan fingerprint density at radius 3 is 2.46 bits per heavy atom. The summed E-state index contributed by atoms with van der Waals surface area (Å²) < 4.78 is 0. The van der Waals surface area contributed by atoms with E-state index in [0.29, 0.717) is 30.3 Å². The van der Waals surface area contributed by atoms with Crippen LogP contribution in [0.2, 0.25) is 0 Å². The zero-order valence-electron chi connectivity index (χ0n) is 29.2. The number of nitrogens with zero attached hydrogens (tertiary/aromatic N) is 2. The number of carbonyl (C=O) groups excluding carboxylic acids is 6. The Kier molecular flexibility index (Phi) is 10.4. The molecule has 7 rings (SSSR count). The molecule has 2 aliphatic heterocycles. The Morgan fingerprint density at radius 1 is 0.815 bits per heavy atom. The van der Waals surface area contributed by atoms with E-state index in [-0.39, 0.29) is 29.9 Å². The normalized spacial score (nSPS) is 15.5. The molecule has 1 fully saturated rings. The number of piperidine rings is 1. The Balaban J connectivity index is 0.795. The maximum atomic E-state index is 13.2. The number of hydrogen-bond acceptors (Lipinski definition) is 9. The molecule has 3 aromatic carbocycles. The van der Waals surface area contributed by atoms with Crippen molar-refractivity contribution in [3.8, 4) is 0 Å². The van der Waals surface area contributed by atoms with Gasteiger partial charge in [0.1, 0.15) is 11.9 Å². The number of benzene rings is 3. The van der Waals surface area contributed by atoms with Gasteiger partial charge in [0.2, 0.25) is 23.6 Å². The lowest BCUT2D eigenvalue weighted by atomic mass is 10.0. The molecule has 0 saturated carbocycles. The second-order valence-electron chi connectivity index (χ2n) is 13.1. The third-order valence-electron chi connectivity index (χ3n) is 9.35. The number of unbranched alkanes of at least 4 members (excludes halogenated alkanes) is 3. The first-order valence-electron chi connectivity index (χ1n) is 17.8. The summed E-state index contributed by atoms with van der Waals surface area (Å²) in [4.78, 5) is 83.7. The first-order valence-corrected chi connectivity index (χ1v) is 17.8. The highest BCUT2D eigenvalue weighted by Gasteiger charge is 2.45. The van der Waals surface area contributed by atoms with Gasteiger partial charge >= 0.3 is 0 Å². The summed E-state index contributed by atoms with van der Waals surface area (Å²) in [6.07, 6.45) is 7.69. The summed E-state index contributed by atoms with van der Waals surface area (Å²) in [6, 6.07) is 21.2. The number of anilines is 4. The van der Waals surface area contributed by atoms with Crippen LogP contribution < -0.4 is 26.6 Å². The van der Waals surface area contributed by atoms with Gasteiger partial charge in [-0.15, -0.1) is 0 Å². The molecule has 14 nitrogen and oxygen atoms in total. The largest absolute Gasteiger partial charge is 0.384 e. The number of imide groups is 2. The summed E-state index contributed by atoms with van der Waals surface area (Å²) in [5.74, 6) is -2.25. The summed E-state index contributed by atoms with van der Waals surface area (Å²) in [5, 5.41) is 16.3. The number of aromatic nitrogens is 2. The third-order valence-corrected chi connectivity index (χ3v) is 9.35. The minimum absolute atomic E-state index is 0.0619. The molecule has 6 amide bonds. The number of carbonyl (C=O) groups is 6. The van der Waals surface area contributed by atoms with Gasteiger partial charge in [-0.25, -0.2) is 4.98 Å². The van der Waals surface area contributed by atoms with Crippen molar-refractivity contribution in [2.24, 2.45) is 0 Å². The summed E-state index contributed by atoms with van der Waals surface area (Å²) in [5.41, 5.74) is 4.32. The monoisotopic (exact) mass is 726 g/mol. The van der Waals surface area contributed by atoms with Crippen LogP contribution in [-0.4, -0.2) is 69.4 Å². The summed E-state index contributed by atoms with van der Waals surface area (Å²) in [6.45, 7) is 1.00. The van der Waals surface area contributed by atoms with Crippen LogP contribution in [0, 0.1) is 0 Å². The van der Waals surface area contributed by atoms with E-state index in [1.165, 1.54) is 12.2 Å². The van der Waals surface area contributed by atoms with Gasteiger partial charge in [0, 0.05) is 71.2 Å². The molecule has 1 unspecified atom stereocenters. The molecule has 5 aromatic rings. The summed E-state index contributed by atoms with van der Waals surface area (Å²) in [7, 11) is 0. The molecule has 54 heavy (non-hydrogen) atoms. The van der Waals surface area contributed by atoms with Gasteiger partial charge in [-0.05, 0) is 86.0 Å². The van der Waals surface area contributed by atoms with Crippen LogP contribution in [0.1, 0.15) is 59.2 Å². The number of hydrogen-bond donors (Lipinski definition) is 6. The average molecular weight is 727 g/mol. The lowest BCUT2D eigenvalue weighted by molar-refractivity contribution is -0.136. The maximum absolute atomic E-state index is 13.2. The molecule has 0 spiro atoms. The highest BCUT2D eigenvalue weighted by atomic mass is 16.2. The second-order valence-corrected chi connectivity index (χ2v) is 13.1. The van der Waals surface area contributed by atoms with Crippen molar-refractivity contribution in [2.75, 3.05) is 29.0 Å². The topological polar surface area (TPSA) is 194 Å². The second kappa shape index (κ2) is 15.8. The maximum Gasteiger partial charge on any atom is 0.264 e. The molecule has 1 atom stereocenters. The van der Waals surface area contributed by atoms with Crippen molar-refractivity contribution in [2.45, 2.75) is 44.6 Å². The number of fused-ring (bicyclic) bond motifs is 3. The smallest absolute Gasteiger partial charge is 0.264 e. The highest BCUT2D eigenvalue weighted by molar-refractivity contribution is 6.25. The van der Waals surface area contributed by atoms with Crippen LogP contribution in [0.3, 0.4) is 0 Å². The standard InChI is InChI=1S/C40H38N8O6/c49-34(16-17-35(50)45-27-10-12-30-24(22-27)8-14-33(46-30)44-26-9-11-29-25(23-26)18-21-42-29)43-20-4-2-1-3-19-41-31-7-5-6-28-37(31)40(54)48(39(28)53)32-13-15-36(51)47-38(32)52/h5-12,14,16-18,21-23,32,41-42H,1-4,13,15,19-20H2,(H,43,49)(H,44,46)(H,45,50)(H,47,51,52)/b17-16+. The first-order chi connectivity index (χ1) is 26.2. The fourth-order valence-electron chi connectivity index (χ4n) is 6.65. The van der Waals surface area contributed by atoms with Gasteiger partial charge in [-0.1, -0.05) is 18.9 Å². The lowest BCUT2D eigenvalue weighted by Crippen LogP contribution is -2.54. The molecular formula is C40H38N8O6. The molecule has 0 aliphatic carbocycles. The lowest BCUT2D eigenvalue weighted by Gasteiger charge is -2.27. The summed E-state index contributed by atoms with van der Waals surface area (Å²) >= 11 is 0. The van der Waals surface area contributed by atoms with E-state index in [2.05, 4.69) is 36.6 Å². The van der Waals surface area contributed by atoms with Crippen LogP contribution in [0.5, 0.6) is 0 Å². The Morgan fingerprint density at radius 2 is 1.61 bits per heavy atom. The molecule has 1 saturated heterocycles. The number of rotatable bonds is 14. The number of amides is 6. The quantitative estimate of drug-likeness (QED) is 0.0510. The van der Waals surface area contributed by atoms with Crippen molar-refractivity contribution < 1.29 is 28.8 Å². The molecule has 6 N–H and O–H groups in total. The number of pyridine rings is 1. The van der Waals surface area contributed by atoms with Gasteiger partial charge in [0.25, 0.3) is 11.8 Å². The average Bonchev–Trinajstić information content (AvgIpc) is 3.73. The number of aromatic amines is 1. The van der Waals surface area contributed by atoms with Crippen molar-refractivity contribution >= 4 is 80.1 Å².